The maximum atomic E-state index is 13.3. The Morgan fingerprint density at radius 1 is 0.952 bits per heavy atom. The average Bonchev–Trinajstić information content (AvgIpc) is 2.96. The molecule has 0 N–H and O–H groups in total. The van der Waals surface area contributed by atoms with Crippen LogP contribution < -0.4 is 0 Å². The van der Waals surface area contributed by atoms with Crippen molar-refractivity contribution < 1.29 is 8.78 Å². The van der Waals surface area contributed by atoms with Crippen molar-refractivity contribution in [2.75, 3.05) is 0 Å². The molecule has 1 unspecified atom stereocenters. The zero-order valence-electron chi connectivity index (χ0n) is 10.9. The van der Waals surface area contributed by atoms with Crippen LogP contribution in [0.25, 0.3) is 5.69 Å². The molecule has 1 heterocycles. The van der Waals surface area contributed by atoms with Gasteiger partial charge in [-0.1, -0.05) is 34.1 Å². The van der Waals surface area contributed by atoms with Crippen LogP contribution in [0.15, 0.2) is 60.9 Å². The summed E-state index contributed by atoms with van der Waals surface area (Å²) in [6.45, 7) is 0. The lowest BCUT2D eigenvalue weighted by Crippen LogP contribution is -1.95. The summed E-state index contributed by atoms with van der Waals surface area (Å²) in [5, 5.41) is 4.28. The summed E-state index contributed by atoms with van der Waals surface area (Å²) in [5.41, 5.74) is 2.26. The molecule has 0 saturated carbocycles. The SMILES string of the molecule is Fc1cc(F)cc(C(Br)c2cnn(-c3ccccc3)c2)c1. The third-order valence-electron chi connectivity index (χ3n) is 3.09. The second kappa shape index (κ2) is 5.77. The van der Waals surface area contributed by atoms with Gasteiger partial charge in [-0.15, -0.1) is 0 Å². The Hall–Kier alpha value is -2.01. The minimum absolute atomic E-state index is 0.319. The van der Waals surface area contributed by atoms with E-state index in [4.69, 9.17) is 0 Å². The van der Waals surface area contributed by atoms with Crippen molar-refractivity contribution in [3.05, 3.63) is 83.7 Å². The Kier molecular flexibility index (Phi) is 3.84. The number of hydrogen-bond acceptors (Lipinski definition) is 1. The predicted octanol–water partition coefficient (Wildman–Crippen LogP) is 4.63. The molecule has 0 aliphatic heterocycles. The lowest BCUT2D eigenvalue weighted by Gasteiger charge is -2.08. The van der Waals surface area contributed by atoms with Crippen LogP contribution in [-0.2, 0) is 0 Å². The van der Waals surface area contributed by atoms with Crippen molar-refractivity contribution >= 4 is 15.9 Å². The van der Waals surface area contributed by atoms with Gasteiger partial charge in [0.15, 0.2) is 0 Å². The van der Waals surface area contributed by atoms with E-state index in [0.717, 1.165) is 17.3 Å². The molecule has 5 heteroatoms. The van der Waals surface area contributed by atoms with Crippen LogP contribution >= 0.6 is 15.9 Å². The molecule has 3 rings (SSSR count). The van der Waals surface area contributed by atoms with Gasteiger partial charge in [-0.3, -0.25) is 0 Å². The summed E-state index contributed by atoms with van der Waals surface area (Å²) in [7, 11) is 0. The van der Waals surface area contributed by atoms with Crippen LogP contribution in [-0.4, -0.2) is 9.78 Å². The van der Waals surface area contributed by atoms with Crippen molar-refractivity contribution in [3.8, 4) is 5.69 Å². The van der Waals surface area contributed by atoms with E-state index in [-0.39, 0.29) is 4.83 Å². The molecule has 0 spiro atoms. The second-order valence-corrected chi connectivity index (χ2v) is 5.53. The maximum absolute atomic E-state index is 13.3. The lowest BCUT2D eigenvalue weighted by molar-refractivity contribution is 0.580. The van der Waals surface area contributed by atoms with Crippen molar-refractivity contribution in [1.29, 1.82) is 0 Å². The quantitative estimate of drug-likeness (QED) is 0.630. The molecular weight excluding hydrogens is 338 g/mol. The highest BCUT2D eigenvalue weighted by atomic mass is 79.9. The number of hydrogen-bond donors (Lipinski definition) is 0. The van der Waals surface area contributed by atoms with E-state index in [1.54, 1.807) is 10.9 Å². The molecule has 0 fully saturated rings. The molecular formula is C16H11BrF2N2. The number of rotatable bonds is 3. The highest BCUT2D eigenvalue weighted by molar-refractivity contribution is 9.09. The highest BCUT2D eigenvalue weighted by Crippen LogP contribution is 2.31. The van der Waals surface area contributed by atoms with E-state index in [1.165, 1.54) is 12.1 Å². The van der Waals surface area contributed by atoms with E-state index in [1.807, 2.05) is 36.5 Å². The first-order chi connectivity index (χ1) is 10.1. The Morgan fingerprint density at radius 3 is 2.29 bits per heavy atom. The molecule has 0 aliphatic carbocycles. The van der Waals surface area contributed by atoms with Crippen LogP contribution in [0, 0.1) is 11.6 Å². The molecule has 21 heavy (non-hydrogen) atoms. The monoisotopic (exact) mass is 348 g/mol. The van der Waals surface area contributed by atoms with Crippen LogP contribution in [0.2, 0.25) is 0 Å². The Labute approximate surface area is 129 Å². The van der Waals surface area contributed by atoms with Gasteiger partial charge >= 0.3 is 0 Å². The zero-order valence-corrected chi connectivity index (χ0v) is 12.5. The zero-order chi connectivity index (χ0) is 14.8. The standard InChI is InChI=1S/C16H11BrF2N2/c17-16(11-6-13(18)8-14(19)7-11)12-9-20-21(10-12)15-4-2-1-3-5-15/h1-10,16H. The van der Waals surface area contributed by atoms with Crippen molar-refractivity contribution in [3.63, 3.8) is 0 Å². The molecule has 0 saturated heterocycles. The summed E-state index contributed by atoms with van der Waals surface area (Å²) < 4.78 is 28.3. The molecule has 0 amide bonds. The van der Waals surface area contributed by atoms with E-state index in [9.17, 15) is 8.78 Å². The van der Waals surface area contributed by atoms with Gasteiger partial charge in [0.2, 0.25) is 0 Å². The average molecular weight is 349 g/mol. The van der Waals surface area contributed by atoms with Gasteiger partial charge in [-0.25, -0.2) is 13.5 Å². The van der Waals surface area contributed by atoms with E-state index < -0.39 is 11.6 Å². The molecule has 2 nitrogen and oxygen atoms in total. The smallest absolute Gasteiger partial charge is 0.126 e. The first-order valence-electron chi connectivity index (χ1n) is 6.33. The van der Waals surface area contributed by atoms with Crippen molar-refractivity contribution in [1.82, 2.24) is 9.78 Å². The van der Waals surface area contributed by atoms with Crippen LogP contribution in [0.3, 0.4) is 0 Å². The van der Waals surface area contributed by atoms with Crippen LogP contribution in [0.1, 0.15) is 16.0 Å². The topological polar surface area (TPSA) is 17.8 Å². The van der Waals surface area contributed by atoms with Crippen molar-refractivity contribution in [2.45, 2.75) is 4.83 Å². The molecule has 1 atom stereocenters. The fourth-order valence-electron chi connectivity index (χ4n) is 2.10. The molecule has 106 valence electrons. The normalized spacial score (nSPS) is 12.3. The van der Waals surface area contributed by atoms with Gasteiger partial charge in [0.05, 0.1) is 16.7 Å². The molecule has 3 aromatic rings. The molecule has 1 aromatic heterocycles. The van der Waals surface area contributed by atoms with E-state index in [2.05, 4.69) is 21.0 Å². The predicted molar refractivity (Wildman–Crippen MR) is 80.7 cm³/mol. The number of benzene rings is 2. The number of aromatic nitrogens is 2. The van der Waals surface area contributed by atoms with Gasteiger partial charge in [-0.2, -0.15) is 5.10 Å². The minimum Gasteiger partial charge on any atom is -0.241 e. The Morgan fingerprint density at radius 2 is 1.62 bits per heavy atom. The van der Waals surface area contributed by atoms with Gasteiger partial charge in [0.25, 0.3) is 0 Å². The molecule has 0 bridgehead atoms. The molecule has 0 aliphatic rings. The van der Waals surface area contributed by atoms with Gasteiger partial charge in [-0.05, 0) is 29.8 Å². The summed E-state index contributed by atoms with van der Waals surface area (Å²) in [6.07, 6.45) is 3.51. The van der Waals surface area contributed by atoms with Crippen LogP contribution in [0.4, 0.5) is 8.78 Å². The summed E-state index contributed by atoms with van der Waals surface area (Å²) in [6, 6.07) is 13.1. The number of alkyl halides is 1. The summed E-state index contributed by atoms with van der Waals surface area (Å²) in [5.74, 6) is -1.19. The molecule has 0 radical (unpaired) electrons. The second-order valence-electron chi connectivity index (χ2n) is 4.62. The first kappa shape index (κ1) is 13.9. The highest BCUT2D eigenvalue weighted by Gasteiger charge is 2.15. The number of para-hydroxylation sites is 1. The third-order valence-corrected chi connectivity index (χ3v) is 4.15. The summed E-state index contributed by atoms with van der Waals surface area (Å²) >= 11 is 3.46. The lowest BCUT2D eigenvalue weighted by atomic mass is 10.1. The van der Waals surface area contributed by atoms with Gasteiger partial charge in [0, 0.05) is 17.8 Å². The van der Waals surface area contributed by atoms with Crippen molar-refractivity contribution in [2.24, 2.45) is 0 Å². The Bertz CT molecular complexity index is 736. The minimum atomic E-state index is -0.593. The molecule has 2 aromatic carbocycles. The van der Waals surface area contributed by atoms with Gasteiger partial charge in [0.1, 0.15) is 11.6 Å². The van der Waals surface area contributed by atoms with E-state index >= 15 is 0 Å². The van der Waals surface area contributed by atoms with Crippen LogP contribution in [0.5, 0.6) is 0 Å². The number of nitrogens with zero attached hydrogens (tertiary/aromatic N) is 2. The fraction of sp³-hybridized carbons (Fsp3) is 0.0625. The third kappa shape index (κ3) is 3.03. The number of halogens is 3. The first-order valence-corrected chi connectivity index (χ1v) is 7.25. The Balaban J connectivity index is 1.92. The maximum Gasteiger partial charge on any atom is 0.126 e. The largest absolute Gasteiger partial charge is 0.241 e. The fourth-order valence-corrected chi connectivity index (χ4v) is 2.60. The van der Waals surface area contributed by atoms with E-state index in [0.29, 0.717) is 5.56 Å². The van der Waals surface area contributed by atoms with Gasteiger partial charge < -0.3 is 0 Å². The summed E-state index contributed by atoms with van der Waals surface area (Å²) in [4.78, 5) is -0.319.